The summed E-state index contributed by atoms with van der Waals surface area (Å²) in [5, 5.41) is 0. The second-order valence-corrected chi connectivity index (χ2v) is 7.64. The normalized spacial score (nSPS) is 25.5. The first-order chi connectivity index (χ1) is 9.98. The summed E-state index contributed by atoms with van der Waals surface area (Å²) in [6, 6.07) is 0. The molecule has 0 saturated carbocycles. The van der Waals surface area contributed by atoms with Crippen molar-refractivity contribution >= 4 is 10.2 Å². The third-order valence-corrected chi connectivity index (χ3v) is 6.17. The first-order valence-electron chi connectivity index (χ1n) is 7.31. The molecule has 0 spiro atoms. The predicted molar refractivity (Wildman–Crippen MR) is 78.2 cm³/mol. The average Bonchev–Trinajstić information content (AvgIpc) is 3.06. The average molecular weight is 314 g/mol. The SMILES string of the molecule is Cc1cn(C)c(C2CCN(S(=O)(=O)N3CCOCC3)C2)n1. The maximum absolute atomic E-state index is 12.6. The number of ether oxygens (including phenoxy) is 1. The number of nitrogens with zero attached hydrogens (tertiary/aromatic N) is 4. The lowest BCUT2D eigenvalue weighted by molar-refractivity contribution is 0.0705. The molecular formula is C13H22N4O3S. The van der Waals surface area contributed by atoms with Crippen LogP contribution in [0.15, 0.2) is 6.20 Å². The van der Waals surface area contributed by atoms with Gasteiger partial charge in [0.2, 0.25) is 0 Å². The van der Waals surface area contributed by atoms with Crippen LogP contribution in [0.1, 0.15) is 23.9 Å². The summed E-state index contributed by atoms with van der Waals surface area (Å²) in [5.41, 5.74) is 0.974. The van der Waals surface area contributed by atoms with Gasteiger partial charge in [-0.15, -0.1) is 0 Å². The van der Waals surface area contributed by atoms with Crippen molar-refractivity contribution in [3.63, 3.8) is 0 Å². The van der Waals surface area contributed by atoms with Gasteiger partial charge in [0.15, 0.2) is 0 Å². The Labute approximate surface area is 125 Å². The van der Waals surface area contributed by atoms with Crippen LogP contribution >= 0.6 is 0 Å². The topological polar surface area (TPSA) is 67.7 Å². The van der Waals surface area contributed by atoms with Crippen molar-refractivity contribution in [2.45, 2.75) is 19.3 Å². The fraction of sp³-hybridized carbons (Fsp3) is 0.769. The van der Waals surface area contributed by atoms with Crippen LogP contribution in [0.2, 0.25) is 0 Å². The molecule has 2 saturated heterocycles. The standard InChI is InChI=1S/C13H22N4O3S/c1-11-9-15(2)13(14-11)12-3-4-17(10-12)21(18,19)16-5-7-20-8-6-16/h9,12H,3-8,10H2,1-2H3. The highest BCUT2D eigenvalue weighted by Crippen LogP contribution is 2.29. The smallest absolute Gasteiger partial charge is 0.282 e. The first-order valence-corrected chi connectivity index (χ1v) is 8.71. The van der Waals surface area contributed by atoms with Crippen LogP contribution in [-0.2, 0) is 22.0 Å². The van der Waals surface area contributed by atoms with Gasteiger partial charge in [0, 0.05) is 45.3 Å². The van der Waals surface area contributed by atoms with Gasteiger partial charge in [-0.3, -0.25) is 0 Å². The number of hydrogen-bond acceptors (Lipinski definition) is 4. The van der Waals surface area contributed by atoms with Gasteiger partial charge >= 0.3 is 0 Å². The summed E-state index contributed by atoms with van der Waals surface area (Å²) in [7, 11) is -1.39. The molecule has 7 nitrogen and oxygen atoms in total. The van der Waals surface area contributed by atoms with E-state index in [2.05, 4.69) is 4.98 Å². The third-order valence-electron chi connectivity index (χ3n) is 4.17. The molecule has 1 unspecified atom stereocenters. The van der Waals surface area contributed by atoms with E-state index in [1.807, 2.05) is 24.7 Å². The maximum atomic E-state index is 12.6. The quantitative estimate of drug-likeness (QED) is 0.793. The molecule has 0 radical (unpaired) electrons. The Morgan fingerprint density at radius 2 is 1.95 bits per heavy atom. The summed E-state index contributed by atoms with van der Waals surface area (Å²) in [6.45, 7) is 4.90. The molecule has 0 N–H and O–H groups in total. The number of aryl methyl sites for hydroxylation is 2. The Hall–Kier alpha value is -0.960. The maximum Gasteiger partial charge on any atom is 0.282 e. The van der Waals surface area contributed by atoms with Crippen molar-refractivity contribution in [2.24, 2.45) is 7.05 Å². The number of aromatic nitrogens is 2. The molecule has 0 bridgehead atoms. The summed E-state index contributed by atoms with van der Waals surface area (Å²) >= 11 is 0. The van der Waals surface area contributed by atoms with E-state index in [0.29, 0.717) is 39.4 Å². The zero-order valence-electron chi connectivity index (χ0n) is 12.5. The molecule has 3 rings (SSSR count). The number of hydrogen-bond donors (Lipinski definition) is 0. The van der Waals surface area contributed by atoms with E-state index in [4.69, 9.17) is 4.74 Å². The lowest BCUT2D eigenvalue weighted by Crippen LogP contribution is -2.47. The van der Waals surface area contributed by atoms with Gasteiger partial charge in [-0.1, -0.05) is 0 Å². The van der Waals surface area contributed by atoms with Crippen LogP contribution in [0.4, 0.5) is 0 Å². The van der Waals surface area contributed by atoms with Crippen LogP contribution in [0.5, 0.6) is 0 Å². The van der Waals surface area contributed by atoms with E-state index in [9.17, 15) is 8.42 Å². The summed E-state index contributed by atoms with van der Waals surface area (Å²) in [5.74, 6) is 1.16. The molecule has 0 aliphatic carbocycles. The highest BCUT2D eigenvalue weighted by Gasteiger charge is 2.37. The van der Waals surface area contributed by atoms with Gasteiger partial charge in [-0.05, 0) is 13.3 Å². The zero-order valence-corrected chi connectivity index (χ0v) is 13.3. The van der Waals surface area contributed by atoms with Gasteiger partial charge in [0.25, 0.3) is 10.2 Å². The molecule has 2 aliphatic rings. The first kappa shape index (κ1) is 15.0. The minimum absolute atomic E-state index is 0.180. The fourth-order valence-electron chi connectivity index (χ4n) is 3.10. The van der Waals surface area contributed by atoms with Crippen LogP contribution in [0, 0.1) is 6.92 Å². The van der Waals surface area contributed by atoms with Crippen LogP contribution < -0.4 is 0 Å². The summed E-state index contributed by atoms with van der Waals surface area (Å²) in [6.07, 6.45) is 2.81. The number of rotatable bonds is 3. The summed E-state index contributed by atoms with van der Waals surface area (Å²) < 4.78 is 35.6. The Morgan fingerprint density at radius 3 is 2.57 bits per heavy atom. The third kappa shape index (κ3) is 2.85. The summed E-state index contributed by atoms with van der Waals surface area (Å²) in [4.78, 5) is 4.53. The Kier molecular flexibility index (Phi) is 4.04. The minimum atomic E-state index is -3.36. The van der Waals surface area contributed by atoms with Crippen LogP contribution in [0.25, 0.3) is 0 Å². The van der Waals surface area contributed by atoms with E-state index >= 15 is 0 Å². The van der Waals surface area contributed by atoms with Crippen molar-refractivity contribution in [1.29, 1.82) is 0 Å². The molecule has 1 aromatic rings. The van der Waals surface area contributed by atoms with Gasteiger partial charge in [-0.25, -0.2) is 4.98 Å². The van der Waals surface area contributed by atoms with E-state index in [1.165, 1.54) is 4.31 Å². The van der Waals surface area contributed by atoms with Crippen molar-refractivity contribution in [3.8, 4) is 0 Å². The van der Waals surface area contributed by atoms with E-state index in [-0.39, 0.29) is 5.92 Å². The van der Waals surface area contributed by atoms with Gasteiger partial charge in [0.1, 0.15) is 5.82 Å². The van der Waals surface area contributed by atoms with Crippen molar-refractivity contribution < 1.29 is 13.2 Å². The van der Waals surface area contributed by atoms with E-state index in [1.54, 1.807) is 4.31 Å². The molecule has 1 aromatic heterocycles. The zero-order chi connectivity index (χ0) is 15.0. The molecular weight excluding hydrogens is 292 g/mol. The van der Waals surface area contributed by atoms with Gasteiger partial charge in [-0.2, -0.15) is 17.0 Å². The molecule has 21 heavy (non-hydrogen) atoms. The molecule has 3 heterocycles. The molecule has 118 valence electrons. The van der Waals surface area contributed by atoms with Crippen molar-refractivity contribution in [1.82, 2.24) is 18.2 Å². The molecule has 2 aliphatic heterocycles. The Balaban J connectivity index is 1.73. The minimum Gasteiger partial charge on any atom is -0.379 e. The predicted octanol–water partition coefficient (Wildman–Crippen LogP) is 0.0948. The van der Waals surface area contributed by atoms with Crippen molar-refractivity contribution in [3.05, 3.63) is 17.7 Å². The number of morpholine rings is 1. The van der Waals surface area contributed by atoms with Gasteiger partial charge < -0.3 is 9.30 Å². The second kappa shape index (κ2) is 5.68. The lowest BCUT2D eigenvalue weighted by atomic mass is 10.1. The monoisotopic (exact) mass is 314 g/mol. The van der Waals surface area contributed by atoms with Gasteiger partial charge in [0.05, 0.1) is 18.9 Å². The van der Waals surface area contributed by atoms with E-state index < -0.39 is 10.2 Å². The Bertz CT molecular complexity index is 607. The van der Waals surface area contributed by atoms with Crippen LogP contribution in [0.3, 0.4) is 0 Å². The largest absolute Gasteiger partial charge is 0.379 e. The highest BCUT2D eigenvalue weighted by atomic mass is 32.2. The molecule has 1 atom stereocenters. The Morgan fingerprint density at radius 1 is 1.24 bits per heavy atom. The number of imidazole rings is 1. The molecule has 0 amide bonds. The fourth-order valence-corrected chi connectivity index (χ4v) is 4.74. The lowest BCUT2D eigenvalue weighted by Gasteiger charge is -2.30. The second-order valence-electron chi connectivity index (χ2n) is 5.71. The van der Waals surface area contributed by atoms with E-state index in [0.717, 1.165) is 17.9 Å². The highest BCUT2D eigenvalue weighted by molar-refractivity contribution is 7.86. The molecule has 2 fully saturated rings. The molecule has 8 heteroatoms. The van der Waals surface area contributed by atoms with Crippen LogP contribution in [-0.4, -0.2) is 66.0 Å². The van der Waals surface area contributed by atoms with Crippen molar-refractivity contribution in [2.75, 3.05) is 39.4 Å². The molecule has 0 aromatic carbocycles.